The fraction of sp³-hybridized carbons (Fsp3) is 0.333. The van der Waals surface area contributed by atoms with Crippen LogP contribution in [0, 0.1) is 5.82 Å². The second kappa shape index (κ2) is 6.24. The van der Waals surface area contributed by atoms with Gasteiger partial charge in [0.1, 0.15) is 12.4 Å². The van der Waals surface area contributed by atoms with Crippen LogP contribution in [0.5, 0.6) is 0 Å². The van der Waals surface area contributed by atoms with Crippen LogP contribution in [0.1, 0.15) is 4.88 Å². The molecule has 3 rings (SSSR count). The van der Waals surface area contributed by atoms with Crippen LogP contribution in [0.25, 0.3) is 0 Å². The van der Waals surface area contributed by atoms with Gasteiger partial charge in [-0.1, -0.05) is 0 Å². The molecule has 0 amide bonds. The highest BCUT2D eigenvalue weighted by molar-refractivity contribution is 9.10. The van der Waals surface area contributed by atoms with Gasteiger partial charge in [0.2, 0.25) is 0 Å². The van der Waals surface area contributed by atoms with Crippen LogP contribution in [0.15, 0.2) is 40.2 Å². The fourth-order valence-electron chi connectivity index (χ4n) is 2.60. The molecule has 2 heterocycles. The molecule has 1 aliphatic rings. The molecule has 2 nitrogen and oxygen atoms in total. The van der Waals surface area contributed by atoms with Crippen LogP contribution in [0.3, 0.4) is 0 Å². The minimum atomic E-state index is -0.165. The highest BCUT2D eigenvalue weighted by Gasteiger charge is 2.20. The number of piperazine rings is 1. The lowest BCUT2D eigenvalue weighted by atomic mass is 10.2. The monoisotopic (exact) mass is 355 g/mol. The van der Waals surface area contributed by atoms with Crippen molar-refractivity contribution in [3.05, 3.63) is 50.9 Å². The quantitative estimate of drug-likeness (QED) is 0.888. The van der Waals surface area contributed by atoms with Crippen LogP contribution < -0.4 is 9.80 Å². The summed E-state index contributed by atoms with van der Waals surface area (Å²) >= 11 is 5.32. The van der Waals surface area contributed by atoms with Gasteiger partial charge in [-0.2, -0.15) is 0 Å². The van der Waals surface area contributed by atoms with E-state index in [1.807, 2.05) is 23.5 Å². The van der Waals surface area contributed by atoms with Gasteiger partial charge in [0.15, 0.2) is 0 Å². The highest BCUT2D eigenvalue weighted by Crippen LogP contribution is 2.19. The molecule has 0 saturated carbocycles. The lowest BCUT2D eigenvalue weighted by molar-refractivity contribution is -0.914. The van der Waals surface area contributed by atoms with Crippen molar-refractivity contribution in [2.24, 2.45) is 0 Å². The number of benzene rings is 1. The van der Waals surface area contributed by atoms with Crippen molar-refractivity contribution >= 4 is 33.0 Å². The molecule has 20 heavy (non-hydrogen) atoms. The largest absolute Gasteiger partial charge is 0.360 e. The molecule has 0 spiro atoms. The van der Waals surface area contributed by atoms with E-state index in [4.69, 9.17) is 0 Å². The van der Waals surface area contributed by atoms with Gasteiger partial charge in [-0.25, -0.2) is 4.39 Å². The standard InChI is InChI=1S/C15H16BrFN2S/c16-12-9-15(20-11-12)10-18-5-7-19(8-6-18)14-3-1-13(17)2-4-14/h1-4,9,11H,5-8,10H2/p+1. The van der Waals surface area contributed by atoms with Crippen LogP contribution in [-0.4, -0.2) is 26.2 Å². The number of rotatable bonds is 3. The minimum Gasteiger partial charge on any atom is -0.360 e. The van der Waals surface area contributed by atoms with Crippen LogP contribution in [0.2, 0.25) is 0 Å². The summed E-state index contributed by atoms with van der Waals surface area (Å²) in [5.41, 5.74) is 1.13. The zero-order valence-electron chi connectivity index (χ0n) is 11.1. The van der Waals surface area contributed by atoms with Crippen LogP contribution >= 0.6 is 27.3 Å². The first-order valence-electron chi connectivity index (χ1n) is 6.78. The number of nitrogens with one attached hydrogen (secondary N) is 1. The smallest absolute Gasteiger partial charge is 0.123 e. The summed E-state index contributed by atoms with van der Waals surface area (Å²) in [6.45, 7) is 5.44. The first-order chi connectivity index (χ1) is 9.70. The van der Waals surface area contributed by atoms with Crippen molar-refractivity contribution in [3.8, 4) is 0 Å². The van der Waals surface area contributed by atoms with E-state index in [1.54, 1.807) is 4.90 Å². The van der Waals surface area contributed by atoms with Crippen LogP contribution in [0.4, 0.5) is 10.1 Å². The Hall–Kier alpha value is -0.910. The number of nitrogens with zero attached hydrogens (tertiary/aromatic N) is 1. The van der Waals surface area contributed by atoms with E-state index in [0.717, 1.165) is 38.4 Å². The minimum absolute atomic E-state index is 0.165. The lowest BCUT2D eigenvalue weighted by Crippen LogP contribution is -3.13. The third kappa shape index (κ3) is 3.40. The van der Waals surface area contributed by atoms with E-state index < -0.39 is 0 Å². The average molecular weight is 356 g/mol. The molecule has 1 fully saturated rings. The maximum Gasteiger partial charge on any atom is 0.123 e. The zero-order valence-corrected chi connectivity index (χ0v) is 13.5. The van der Waals surface area contributed by atoms with E-state index in [2.05, 4.69) is 32.3 Å². The van der Waals surface area contributed by atoms with Gasteiger partial charge in [-0.3, -0.25) is 0 Å². The molecule has 106 valence electrons. The predicted molar refractivity (Wildman–Crippen MR) is 85.0 cm³/mol. The second-order valence-corrected chi connectivity index (χ2v) is 7.03. The summed E-state index contributed by atoms with van der Waals surface area (Å²) in [6, 6.07) is 9.03. The Morgan fingerprint density at radius 1 is 1.20 bits per heavy atom. The molecule has 0 unspecified atom stereocenters. The molecular weight excluding hydrogens is 339 g/mol. The van der Waals surface area contributed by atoms with Crippen molar-refractivity contribution in [3.63, 3.8) is 0 Å². The van der Waals surface area contributed by atoms with E-state index >= 15 is 0 Å². The predicted octanol–water partition coefficient (Wildman–Crippen LogP) is 2.55. The molecule has 0 radical (unpaired) electrons. The SMILES string of the molecule is Fc1ccc(N2CC[NH+](Cc3cc(Br)cs3)CC2)cc1. The van der Waals surface area contributed by atoms with Crippen molar-refractivity contribution in [1.82, 2.24) is 0 Å². The fourth-order valence-corrected chi connectivity index (χ4v) is 4.13. The van der Waals surface area contributed by atoms with Gasteiger partial charge in [-0.15, -0.1) is 11.3 Å². The maximum atomic E-state index is 12.9. The summed E-state index contributed by atoms with van der Waals surface area (Å²) in [6.07, 6.45) is 0. The first-order valence-corrected chi connectivity index (χ1v) is 8.45. The molecule has 0 bridgehead atoms. The van der Waals surface area contributed by atoms with Gasteiger partial charge in [-0.05, 0) is 46.3 Å². The molecule has 2 aromatic rings. The highest BCUT2D eigenvalue weighted by atomic mass is 79.9. The topological polar surface area (TPSA) is 7.68 Å². The molecule has 1 aliphatic heterocycles. The van der Waals surface area contributed by atoms with Crippen molar-refractivity contribution in [2.45, 2.75) is 6.54 Å². The second-order valence-electron chi connectivity index (χ2n) is 5.12. The molecule has 0 aliphatic carbocycles. The van der Waals surface area contributed by atoms with Gasteiger partial charge < -0.3 is 9.80 Å². The van der Waals surface area contributed by atoms with E-state index in [9.17, 15) is 4.39 Å². The Morgan fingerprint density at radius 3 is 2.50 bits per heavy atom. The van der Waals surface area contributed by atoms with Gasteiger partial charge in [0.25, 0.3) is 0 Å². The Balaban J connectivity index is 1.55. The van der Waals surface area contributed by atoms with E-state index in [1.165, 1.54) is 21.5 Å². The average Bonchev–Trinajstić information content (AvgIpc) is 2.86. The normalized spacial score (nSPS) is 16.6. The van der Waals surface area contributed by atoms with Gasteiger partial charge >= 0.3 is 0 Å². The Morgan fingerprint density at radius 2 is 1.90 bits per heavy atom. The molecule has 1 N–H and O–H groups in total. The van der Waals surface area contributed by atoms with Crippen molar-refractivity contribution in [1.29, 1.82) is 0 Å². The number of hydrogen-bond donors (Lipinski definition) is 1. The molecule has 1 aromatic heterocycles. The summed E-state index contributed by atoms with van der Waals surface area (Å²) in [5, 5.41) is 2.14. The maximum absolute atomic E-state index is 12.9. The third-order valence-corrected chi connectivity index (χ3v) is 5.41. The third-order valence-electron chi connectivity index (χ3n) is 3.71. The van der Waals surface area contributed by atoms with Gasteiger partial charge in [0, 0.05) is 15.5 Å². The van der Waals surface area contributed by atoms with E-state index in [-0.39, 0.29) is 5.82 Å². The van der Waals surface area contributed by atoms with Crippen LogP contribution in [-0.2, 0) is 6.54 Å². The number of anilines is 1. The summed E-state index contributed by atoms with van der Waals surface area (Å²) in [4.78, 5) is 5.40. The van der Waals surface area contributed by atoms with Crippen molar-refractivity contribution in [2.75, 3.05) is 31.1 Å². The molecule has 0 atom stereocenters. The molecule has 1 aromatic carbocycles. The van der Waals surface area contributed by atoms with E-state index in [0.29, 0.717) is 0 Å². The zero-order chi connectivity index (χ0) is 13.9. The van der Waals surface area contributed by atoms with Gasteiger partial charge in [0.05, 0.1) is 31.1 Å². The Kier molecular flexibility index (Phi) is 4.38. The first kappa shape index (κ1) is 14.0. The molecule has 1 saturated heterocycles. The van der Waals surface area contributed by atoms with Crippen molar-refractivity contribution < 1.29 is 9.29 Å². The summed E-state index contributed by atoms with van der Waals surface area (Å²) < 4.78 is 14.1. The summed E-state index contributed by atoms with van der Waals surface area (Å²) in [7, 11) is 0. The lowest BCUT2D eigenvalue weighted by Gasteiger charge is -2.33. The Labute approximate surface area is 131 Å². The Bertz CT molecular complexity index is 562. The summed E-state index contributed by atoms with van der Waals surface area (Å²) in [5.74, 6) is -0.165. The number of hydrogen-bond acceptors (Lipinski definition) is 2. The molecule has 5 heteroatoms. The molecular formula is C15H17BrFN2S+. The number of halogens is 2. The number of quaternary nitrogens is 1. The number of thiophene rings is 1.